The first-order valence-electron chi connectivity index (χ1n) is 10.9. The van der Waals surface area contributed by atoms with Crippen molar-refractivity contribution in [2.75, 3.05) is 35.6 Å². The first kappa shape index (κ1) is 23.0. The van der Waals surface area contributed by atoms with E-state index in [1.807, 2.05) is 18.2 Å². The second-order valence-electron chi connectivity index (χ2n) is 7.76. The van der Waals surface area contributed by atoms with Gasteiger partial charge in [0.25, 0.3) is 0 Å². The maximum absolute atomic E-state index is 14.3. The van der Waals surface area contributed by atoms with E-state index in [1.54, 1.807) is 35.2 Å². The first-order chi connectivity index (χ1) is 16.5. The molecule has 9 nitrogen and oxygen atoms in total. The predicted octanol–water partition coefficient (Wildman–Crippen LogP) is 4.06. The fraction of sp³-hybridized carbons (Fsp3) is 0.250. The normalized spacial score (nSPS) is 13.0. The van der Waals surface area contributed by atoms with E-state index in [2.05, 4.69) is 25.9 Å². The van der Waals surface area contributed by atoms with Crippen molar-refractivity contribution in [3.63, 3.8) is 0 Å². The number of nitrogens with one attached hydrogen (secondary N) is 3. The van der Waals surface area contributed by atoms with Crippen molar-refractivity contribution in [3.05, 3.63) is 60.5 Å². The fourth-order valence-corrected chi connectivity index (χ4v) is 3.54. The molecule has 0 bridgehead atoms. The van der Waals surface area contributed by atoms with Crippen LogP contribution in [-0.4, -0.2) is 46.4 Å². The maximum Gasteiger partial charge on any atom is 0.229 e. The van der Waals surface area contributed by atoms with E-state index in [1.165, 1.54) is 6.92 Å². The zero-order valence-corrected chi connectivity index (χ0v) is 18.7. The van der Waals surface area contributed by atoms with E-state index >= 15 is 0 Å². The Kier molecular flexibility index (Phi) is 7.16. The summed E-state index contributed by atoms with van der Waals surface area (Å²) in [5.74, 6) is 0.157. The van der Waals surface area contributed by atoms with E-state index < -0.39 is 5.82 Å². The minimum atomic E-state index is -0.621. The van der Waals surface area contributed by atoms with Crippen LogP contribution in [0.15, 0.2) is 54.7 Å². The third-order valence-electron chi connectivity index (χ3n) is 5.08. The Hall–Kier alpha value is -4.21. The topological polar surface area (TPSA) is 108 Å². The van der Waals surface area contributed by atoms with Crippen molar-refractivity contribution in [1.29, 1.82) is 0 Å². The van der Waals surface area contributed by atoms with Gasteiger partial charge in [0.15, 0.2) is 11.6 Å². The number of nitrogens with zero attached hydrogens (tertiary/aromatic N) is 3. The summed E-state index contributed by atoms with van der Waals surface area (Å²) < 4.78 is 20.1. The highest BCUT2D eigenvalue weighted by Crippen LogP contribution is 2.24. The van der Waals surface area contributed by atoms with Crippen molar-refractivity contribution >= 4 is 40.6 Å². The Morgan fingerprint density at radius 3 is 2.65 bits per heavy atom. The van der Waals surface area contributed by atoms with E-state index in [0.29, 0.717) is 42.4 Å². The van der Waals surface area contributed by atoms with Crippen molar-refractivity contribution in [3.8, 4) is 5.75 Å². The predicted molar refractivity (Wildman–Crippen MR) is 127 cm³/mol. The third-order valence-corrected chi connectivity index (χ3v) is 5.08. The lowest BCUT2D eigenvalue weighted by atomic mass is 10.2. The standard InChI is InChI=1S/C24H25FN6O3/c1-16(32)27-17-5-2-6-18(13-17)28-23-21(25)15-26-24(30-23)29-19-7-3-8-20(14-19)34-12-11-31-10-4-9-22(31)33/h2-3,5-8,13-15H,4,9-12H2,1H3,(H,27,32)(H2,26,28,29,30). The molecule has 10 heteroatoms. The van der Waals surface area contributed by atoms with Gasteiger partial charge in [-0.2, -0.15) is 4.98 Å². The van der Waals surface area contributed by atoms with Gasteiger partial charge in [-0.3, -0.25) is 9.59 Å². The number of ether oxygens (including phenoxy) is 1. The molecule has 0 saturated carbocycles. The van der Waals surface area contributed by atoms with Gasteiger partial charge in [-0.25, -0.2) is 9.37 Å². The van der Waals surface area contributed by atoms with Gasteiger partial charge in [-0.05, 0) is 36.8 Å². The minimum Gasteiger partial charge on any atom is -0.492 e. The Morgan fingerprint density at radius 2 is 1.88 bits per heavy atom. The van der Waals surface area contributed by atoms with Gasteiger partial charge < -0.3 is 25.6 Å². The summed E-state index contributed by atoms with van der Waals surface area (Å²) in [6.07, 6.45) is 2.57. The highest BCUT2D eigenvalue weighted by molar-refractivity contribution is 5.89. The monoisotopic (exact) mass is 464 g/mol. The van der Waals surface area contributed by atoms with Gasteiger partial charge in [0.2, 0.25) is 17.8 Å². The number of carbonyl (C=O) groups excluding carboxylic acids is 2. The Morgan fingerprint density at radius 1 is 1.12 bits per heavy atom. The van der Waals surface area contributed by atoms with Crippen LogP contribution in [0.5, 0.6) is 5.75 Å². The van der Waals surface area contributed by atoms with Crippen molar-refractivity contribution in [2.24, 2.45) is 0 Å². The second kappa shape index (κ2) is 10.6. The molecule has 2 amide bonds. The molecule has 0 unspecified atom stereocenters. The highest BCUT2D eigenvalue weighted by atomic mass is 19.1. The summed E-state index contributed by atoms with van der Waals surface area (Å²) in [5, 5.41) is 8.63. The molecule has 0 spiro atoms. The molecule has 34 heavy (non-hydrogen) atoms. The molecule has 1 aliphatic heterocycles. The summed E-state index contributed by atoms with van der Waals surface area (Å²) in [4.78, 5) is 33.0. The van der Waals surface area contributed by atoms with Gasteiger partial charge in [-0.15, -0.1) is 0 Å². The zero-order valence-electron chi connectivity index (χ0n) is 18.7. The van der Waals surface area contributed by atoms with E-state index in [0.717, 1.165) is 19.2 Å². The van der Waals surface area contributed by atoms with Crippen LogP contribution in [0.1, 0.15) is 19.8 Å². The number of carbonyl (C=O) groups is 2. The molecular weight excluding hydrogens is 439 g/mol. The lowest BCUT2D eigenvalue weighted by Gasteiger charge is -2.16. The third kappa shape index (κ3) is 6.18. The smallest absolute Gasteiger partial charge is 0.229 e. The lowest BCUT2D eigenvalue weighted by Crippen LogP contribution is -2.29. The van der Waals surface area contributed by atoms with Gasteiger partial charge in [-0.1, -0.05) is 12.1 Å². The van der Waals surface area contributed by atoms with Crippen LogP contribution in [0.4, 0.5) is 33.2 Å². The summed E-state index contributed by atoms with van der Waals surface area (Å²) in [7, 11) is 0. The molecule has 0 atom stereocenters. The number of aromatic nitrogens is 2. The SMILES string of the molecule is CC(=O)Nc1cccc(Nc2nc(Nc3cccc(OCCN4CCCC4=O)c3)ncc2F)c1. The highest BCUT2D eigenvalue weighted by Gasteiger charge is 2.19. The van der Waals surface area contributed by atoms with Crippen molar-refractivity contribution < 1.29 is 18.7 Å². The van der Waals surface area contributed by atoms with Crippen LogP contribution in [-0.2, 0) is 9.59 Å². The zero-order chi connectivity index (χ0) is 23.9. The molecule has 2 aromatic carbocycles. The first-order valence-corrected chi connectivity index (χ1v) is 10.9. The second-order valence-corrected chi connectivity index (χ2v) is 7.76. The van der Waals surface area contributed by atoms with E-state index in [9.17, 15) is 14.0 Å². The number of anilines is 5. The Labute approximate surface area is 196 Å². The number of halogens is 1. The average molecular weight is 465 g/mol. The molecule has 1 fully saturated rings. The number of rotatable bonds is 9. The van der Waals surface area contributed by atoms with Crippen LogP contribution in [0.2, 0.25) is 0 Å². The number of likely N-dealkylation sites (tertiary alicyclic amines) is 1. The van der Waals surface area contributed by atoms with Gasteiger partial charge >= 0.3 is 0 Å². The van der Waals surface area contributed by atoms with Crippen LogP contribution in [0.3, 0.4) is 0 Å². The molecular formula is C24H25FN6O3. The maximum atomic E-state index is 14.3. The molecule has 3 N–H and O–H groups in total. The molecule has 4 rings (SSSR count). The number of benzene rings is 2. The Bertz CT molecular complexity index is 1190. The fourth-order valence-electron chi connectivity index (χ4n) is 3.54. The molecule has 1 aromatic heterocycles. The molecule has 3 aromatic rings. The van der Waals surface area contributed by atoms with Crippen LogP contribution < -0.4 is 20.7 Å². The van der Waals surface area contributed by atoms with E-state index in [-0.39, 0.29) is 23.6 Å². The van der Waals surface area contributed by atoms with Gasteiger partial charge in [0, 0.05) is 43.0 Å². The number of amides is 2. The van der Waals surface area contributed by atoms with Crippen LogP contribution in [0, 0.1) is 5.82 Å². The van der Waals surface area contributed by atoms with Crippen molar-refractivity contribution in [1.82, 2.24) is 14.9 Å². The quantitative estimate of drug-likeness (QED) is 0.438. The van der Waals surface area contributed by atoms with Crippen molar-refractivity contribution in [2.45, 2.75) is 19.8 Å². The van der Waals surface area contributed by atoms with Gasteiger partial charge in [0.05, 0.1) is 12.7 Å². The molecule has 1 saturated heterocycles. The Balaban J connectivity index is 1.39. The molecule has 0 radical (unpaired) electrons. The molecule has 2 heterocycles. The lowest BCUT2D eigenvalue weighted by molar-refractivity contribution is -0.128. The van der Waals surface area contributed by atoms with Gasteiger partial charge in [0.1, 0.15) is 12.4 Å². The van der Waals surface area contributed by atoms with Crippen LogP contribution >= 0.6 is 0 Å². The average Bonchev–Trinajstić information content (AvgIpc) is 3.21. The molecule has 176 valence electrons. The van der Waals surface area contributed by atoms with E-state index in [4.69, 9.17) is 4.74 Å². The summed E-state index contributed by atoms with van der Waals surface area (Å²) in [6.45, 7) is 3.14. The summed E-state index contributed by atoms with van der Waals surface area (Å²) in [5.41, 5.74) is 1.80. The summed E-state index contributed by atoms with van der Waals surface area (Å²) >= 11 is 0. The minimum absolute atomic E-state index is 0.0137. The number of hydrogen-bond acceptors (Lipinski definition) is 7. The van der Waals surface area contributed by atoms with Crippen LogP contribution in [0.25, 0.3) is 0 Å². The largest absolute Gasteiger partial charge is 0.492 e. The molecule has 1 aliphatic rings. The number of hydrogen-bond donors (Lipinski definition) is 3. The summed E-state index contributed by atoms with van der Waals surface area (Å²) in [6, 6.07) is 14.1. The molecule has 0 aliphatic carbocycles.